The van der Waals surface area contributed by atoms with Crippen LogP contribution >= 0.6 is 0 Å². The highest BCUT2D eigenvalue weighted by molar-refractivity contribution is 5.92. The quantitative estimate of drug-likeness (QED) is 0.493. The van der Waals surface area contributed by atoms with Gasteiger partial charge in [-0.2, -0.15) is 0 Å². The van der Waals surface area contributed by atoms with Crippen LogP contribution in [0.2, 0.25) is 0 Å². The molecule has 1 aliphatic rings. The first kappa shape index (κ1) is 20.4. The van der Waals surface area contributed by atoms with Crippen molar-refractivity contribution in [3.8, 4) is 0 Å². The van der Waals surface area contributed by atoms with Gasteiger partial charge in [-0.25, -0.2) is 9.37 Å². The molecule has 1 unspecified atom stereocenters. The summed E-state index contributed by atoms with van der Waals surface area (Å²) in [6.45, 7) is 1.34. The van der Waals surface area contributed by atoms with Gasteiger partial charge in [0.2, 0.25) is 0 Å². The molecule has 1 fully saturated rings. The van der Waals surface area contributed by atoms with Crippen molar-refractivity contribution >= 4 is 16.9 Å². The first-order chi connectivity index (χ1) is 15.7. The molecule has 7 nitrogen and oxygen atoms in total. The van der Waals surface area contributed by atoms with Gasteiger partial charge in [-0.15, -0.1) is 5.10 Å². The molecule has 1 saturated heterocycles. The van der Waals surface area contributed by atoms with Gasteiger partial charge < -0.3 is 9.88 Å². The van der Waals surface area contributed by atoms with Gasteiger partial charge in [0, 0.05) is 13.1 Å². The fourth-order valence-corrected chi connectivity index (χ4v) is 4.36. The van der Waals surface area contributed by atoms with Crippen molar-refractivity contribution in [1.29, 1.82) is 0 Å². The molecule has 0 radical (unpaired) electrons. The number of piperidine rings is 1. The molecule has 0 aliphatic carbocycles. The number of rotatable bonds is 6. The van der Waals surface area contributed by atoms with Crippen molar-refractivity contribution in [2.24, 2.45) is 0 Å². The van der Waals surface area contributed by atoms with Crippen molar-refractivity contribution in [3.63, 3.8) is 0 Å². The molecule has 1 atom stereocenters. The van der Waals surface area contributed by atoms with E-state index in [1.54, 1.807) is 16.9 Å². The number of amides is 1. The third kappa shape index (κ3) is 4.26. The molecular formula is C24H25FN6O. The summed E-state index contributed by atoms with van der Waals surface area (Å²) in [6, 6.07) is 14.6. The van der Waals surface area contributed by atoms with E-state index < -0.39 is 0 Å². The Bertz CT molecular complexity index is 1220. The third-order valence-corrected chi connectivity index (χ3v) is 5.99. The molecule has 32 heavy (non-hydrogen) atoms. The molecule has 1 N–H and O–H groups in total. The Morgan fingerprint density at radius 2 is 2.03 bits per heavy atom. The van der Waals surface area contributed by atoms with Crippen LogP contribution in [0.5, 0.6) is 0 Å². The van der Waals surface area contributed by atoms with Crippen LogP contribution in [0.4, 0.5) is 4.39 Å². The molecule has 5 rings (SSSR count). The molecular weight excluding hydrogens is 407 g/mol. The van der Waals surface area contributed by atoms with Crippen molar-refractivity contribution in [3.05, 3.63) is 77.6 Å². The second-order valence-electron chi connectivity index (χ2n) is 8.25. The van der Waals surface area contributed by atoms with E-state index in [0.717, 1.165) is 32.1 Å². The standard InChI is InChI=1S/C24H25FN6O/c25-18-11-12-19-20(15-18)27-23(26-19)22-10-4-5-14-31(22)24(32)21-16-30(29-28-21)13-6-9-17-7-2-1-3-8-17/h1-3,7-8,11-12,15-16,22H,4-6,9-10,13-14H2,(H,26,27). The van der Waals surface area contributed by atoms with Crippen LogP contribution in [0.3, 0.4) is 0 Å². The Hall–Kier alpha value is -3.55. The van der Waals surface area contributed by atoms with E-state index in [9.17, 15) is 9.18 Å². The largest absolute Gasteiger partial charge is 0.340 e. The summed E-state index contributed by atoms with van der Waals surface area (Å²) < 4.78 is 15.3. The first-order valence-corrected chi connectivity index (χ1v) is 11.1. The minimum Gasteiger partial charge on any atom is -0.340 e. The molecule has 0 bridgehead atoms. The molecule has 2 aromatic carbocycles. The summed E-state index contributed by atoms with van der Waals surface area (Å²) >= 11 is 0. The van der Waals surface area contributed by atoms with E-state index in [1.165, 1.54) is 17.7 Å². The summed E-state index contributed by atoms with van der Waals surface area (Å²) in [5.74, 6) is 0.234. The highest BCUT2D eigenvalue weighted by Gasteiger charge is 2.32. The molecule has 2 aromatic heterocycles. The van der Waals surface area contributed by atoms with E-state index >= 15 is 0 Å². The fraction of sp³-hybridized carbons (Fsp3) is 0.333. The Morgan fingerprint density at radius 3 is 2.91 bits per heavy atom. The summed E-state index contributed by atoms with van der Waals surface area (Å²) in [5, 5.41) is 8.30. The van der Waals surface area contributed by atoms with Crippen molar-refractivity contribution in [2.75, 3.05) is 6.54 Å². The number of nitrogens with zero attached hydrogens (tertiary/aromatic N) is 5. The number of imidazole rings is 1. The van der Waals surface area contributed by atoms with Gasteiger partial charge in [0.25, 0.3) is 5.91 Å². The molecule has 0 spiro atoms. The Labute approximate surface area is 185 Å². The number of aromatic amines is 1. The smallest absolute Gasteiger partial charge is 0.276 e. The average Bonchev–Trinajstić information content (AvgIpc) is 3.46. The number of fused-ring (bicyclic) bond motifs is 1. The minimum atomic E-state index is -0.312. The van der Waals surface area contributed by atoms with Crippen LogP contribution in [-0.2, 0) is 13.0 Å². The van der Waals surface area contributed by atoms with Crippen LogP contribution in [0.25, 0.3) is 11.0 Å². The predicted octanol–water partition coefficient (Wildman–Crippen LogP) is 4.29. The first-order valence-electron chi connectivity index (χ1n) is 11.1. The zero-order chi connectivity index (χ0) is 21.9. The summed E-state index contributed by atoms with van der Waals surface area (Å²) in [6.07, 6.45) is 6.34. The van der Waals surface area contributed by atoms with E-state index in [0.29, 0.717) is 35.6 Å². The van der Waals surface area contributed by atoms with Crippen LogP contribution in [0.15, 0.2) is 54.7 Å². The van der Waals surface area contributed by atoms with Crippen LogP contribution in [0.1, 0.15) is 53.6 Å². The van der Waals surface area contributed by atoms with Crippen LogP contribution in [0, 0.1) is 5.82 Å². The summed E-state index contributed by atoms with van der Waals surface area (Å²) in [7, 11) is 0. The van der Waals surface area contributed by atoms with E-state index in [1.807, 2.05) is 23.1 Å². The molecule has 164 valence electrons. The van der Waals surface area contributed by atoms with Gasteiger partial charge in [0.1, 0.15) is 11.6 Å². The summed E-state index contributed by atoms with van der Waals surface area (Å²) in [4.78, 5) is 22.9. The Kier molecular flexibility index (Phi) is 5.66. The number of benzene rings is 2. The SMILES string of the molecule is O=C(c1cn(CCCc2ccccc2)nn1)N1CCCCC1c1nc2ccc(F)cc2[nH]1. The average molecular weight is 433 g/mol. The second-order valence-corrected chi connectivity index (χ2v) is 8.25. The van der Waals surface area contributed by atoms with E-state index in [4.69, 9.17) is 0 Å². The number of aromatic nitrogens is 5. The lowest BCUT2D eigenvalue weighted by Crippen LogP contribution is -2.39. The van der Waals surface area contributed by atoms with Crippen LogP contribution in [-0.4, -0.2) is 42.3 Å². The number of H-pyrrole nitrogens is 1. The number of nitrogens with one attached hydrogen (secondary N) is 1. The number of carbonyl (C=O) groups excluding carboxylic acids is 1. The number of likely N-dealkylation sites (tertiary alicyclic amines) is 1. The molecule has 8 heteroatoms. The zero-order valence-corrected chi connectivity index (χ0v) is 17.7. The third-order valence-electron chi connectivity index (χ3n) is 5.99. The molecule has 3 heterocycles. The number of halogens is 1. The number of hydrogen-bond acceptors (Lipinski definition) is 4. The summed E-state index contributed by atoms with van der Waals surface area (Å²) in [5.41, 5.74) is 2.97. The van der Waals surface area contributed by atoms with Gasteiger partial charge in [0.05, 0.1) is 23.3 Å². The maximum Gasteiger partial charge on any atom is 0.276 e. The molecule has 4 aromatic rings. The van der Waals surface area contributed by atoms with Crippen molar-refractivity contribution in [2.45, 2.75) is 44.7 Å². The van der Waals surface area contributed by atoms with Crippen LogP contribution < -0.4 is 0 Å². The molecule has 0 saturated carbocycles. The Morgan fingerprint density at radius 1 is 1.16 bits per heavy atom. The lowest BCUT2D eigenvalue weighted by Gasteiger charge is -2.33. The maximum absolute atomic E-state index is 13.6. The monoisotopic (exact) mass is 432 g/mol. The maximum atomic E-state index is 13.6. The number of carbonyl (C=O) groups is 1. The minimum absolute atomic E-state index is 0.143. The molecule has 1 amide bonds. The lowest BCUT2D eigenvalue weighted by atomic mass is 10.0. The van der Waals surface area contributed by atoms with Crippen molar-refractivity contribution < 1.29 is 9.18 Å². The zero-order valence-electron chi connectivity index (χ0n) is 17.7. The number of aryl methyl sites for hydroxylation is 2. The van der Waals surface area contributed by atoms with Gasteiger partial charge in [-0.05, 0) is 55.9 Å². The highest BCUT2D eigenvalue weighted by atomic mass is 19.1. The van der Waals surface area contributed by atoms with Gasteiger partial charge >= 0.3 is 0 Å². The predicted molar refractivity (Wildman–Crippen MR) is 118 cm³/mol. The van der Waals surface area contributed by atoms with E-state index in [2.05, 4.69) is 32.4 Å². The highest BCUT2D eigenvalue weighted by Crippen LogP contribution is 2.31. The lowest BCUT2D eigenvalue weighted by molar-refractivity contribution is 0.0595. The van der Waals surface area contributed by atoms with E-state index in [-0.39, 0.29) is 17.8 Å². The number of hydrogen-bond donors (Lipinski definition) is 1. The topological polar surface area (TPSA) is 79.7 Å². The second kappa shape index (κ2) is 8.90. The van der Waals surface area contributed by atoms with Gasteiger partial charge in [-0.3, -0.25) is 9.48 Å². The normalized spacial score (nSPS) is 16.5. The van der Waals surface area contributed by atoms with Crippen molar-refractivity contribution in [1.82, 2.24) is 29.9 Å². The Balaban J connectivity index is 1.29. The van der Waals surface area contributed by atoms with Gasteiger partial charge in [-0.1, -0.05) is 35.5 Å². The fourth-order valence-electron chi connectivity index (χ4n) is 4.36. The van der Waals surface area contributed by atoms with Gasteiger partial charge in [0.15, 0.2) is 5.69 Å². The molecule has 1 aliphatic heterocycles.